The minimum absolute atomic E-state index is 0.0971. The summed E-state index contributed by atoms with van der Waals surface area (Å²) in [7, 11) is 0. The summed E-state index contributed by atoms with van der Waals surface area (Å²) in [5.74, 6) is -0.455. The fourth-order valence-electron chi connectivity index (χ4n) is 2.58. The molecule has 24 heavy (non-hydrogen) atoms. The van der Waals surface area contributed by atoms with Gasteiger partial charge >= 0.3 is 0 Å². The van der Waals surface area contributed by atoms with Gasteiger partial charge in [0, 0.05) is 11.6 Å². The van der Waals surface area contributed by atoms with Crippen LogP contribution in [-0.4, -0.2) is 29.9 Å². The van der Waals surface area contributed by atoms with Gasteiger partial charge in [0.25, 0.3) is 0 Å². The average molecular weight is 343 g/mol. The minimum atomic E-state index is -0.455. The normalized spacial score (nSPS) is 11.3. The number of hydrogen-bond acceptors (Lipinski definition) is 4. The molecule has 0 fully saturated rings. The molecule has 120 valence electrons. The third-order valence-corrected chi connectivity index (χ3v) is 4.02. The Morgan fingerprint density at radius 1 is 1.17 bits per heavy atom. The van der Waals surface area contributed by atoms with Crippen molar-refractivity contribution in [3.63, 3.8) is 0 Å². The summed E-state index contributed by atoms with van der Waals surface area (Å²) in [6.45, 7) is 2.21. The molecule has 6 nitrogen and oxygen atoms in total. The number of hydrogen-bond donors (Lipinski definition) is 1. The standard InChI is InChI=1S/C16H12ClFN6/c1-9-14(15-11-4-5-19-16(11)21-8-20-15)23-24(22-9)7-10-2-3-12(17)13(18)6-10/h2-6,8H,7H2,1H3,(H,19,20,21). The van der Waals surface area contributed by atoms with Crippen molar-refractivity contribution in [2.75, 3.05) is 0 Å². The predicted molar refractivity (Wildman–Crippen MR) is 88.2 cm³/mol. The van der Waals surface area contributed by atoms with Gasteiger partial charge in [-0.3, -0.25) is 0 Å². The lowest BCUT2D eigenvalue weighted by Crippen LogP contribution is -2.04. The lowest BCUT2D eigenvalue weighted by Gasteiger charge is -2.02. The maximum atomic E-state index is 13.6. The Bertz CT molecular complexity index is 1040. The number of aromatic amines is 1. The summed E-state index contributed by atoms with van der Waals surface area (Å²) >= 11 is 5.71. The van der Waals surface area contributed by atoms with Crippen LogP contribution in [0.1, 0.15) is 11.3 Å². The van der Waals surface area contributed by atoms with Crippen LogP contribution in [0.15, 0.2) is 36.8 Å². The van der Waals surface area contributed by atoms with Crippen LogP contribution in [0, 0.1) is 12.7 Å². The topological polar surface area (TPSA) is 72.3 Å². The molecule has 0 atom stereocenters. The van der Waals surface area contributed by atoms with Crippen molar-refractivity contribution in [2.24, 2.45) is 0 Å². The molecular formula is C16H12ClFN6. The number of nitrogens with zero attached hydrogens (tertiary/aromatic N) is 5. The Morgan fingerprint density at radius 2 is 2.04 bits per heavy atom. The fraction of sp³-hybridized carbons (Fsp3) is 0.125. The molecule has 0 radical (unpaired) electrons. The van der Waals surface area contributed by atoms with Gasteiger partial charge in [-0.2, -0.15) is 15.0 Å². The van der Waals surface area contributed by atoms with Crippen LogP contribution in [0.4, 0.5) is 4.39 Å². The van der Waals surface area contributed by atoms with Crippen molar-refractivity contribution in [3.05, 3.63) is 58.9 Å². The van der Waals surface area contributed by atoms with Crippen LogP contribution >= 0.6 is 11.6 Å². The van der Waals surface area contributed by atoms with E-state index in [2.05, 4.69) is 25.1 Å². The van der Waals surface area contributed by atoms with E-state index in [4.69, 9.17) is 11.6 Å². The lowest BCUT2D eigenvalue weighted by molar-refractivity contribution is 0.580. The number of halogens is 2. The van der Waals surface area contributed by atoms with Crippen LogP contribution in [0.5, 0.6) is 0 Å². The molecule has 0 aliphatic heterocycles. The highest BCUT2D eigenvalue weighted by Gasteiger charge is 2.15. The average Bonchev–Trinajstić information content (AvgIpc) is 3.17. The second-order valence-corrected chi connectivity index (χ2v) is 5.78. The molecule has 8 heteroatoms. The molecule has 0 unspecified atom stereocenters. The molecule has 4 aromatic rings. The van der Waals surface area contributed by atoms with E-state index in [1.54, 1.807) is 12.3 Å². The number of aryl methyl sites for hydroxylation is 1. The quantitative estimate of drug-likeness (QED) is 0.619. The molecular weight excluding hydrogens is 331 g/mol. The Balaban J connectivity index is 1.72. The van der Waals surface area contributed by atoms with Gasteiger partial charge < -0.3 is 4.98 Å². The highest BCUT2D eigenvalue weighted by atomic mass is 35.5. The molecule has 0 bridgehead atoms. The Hall–Kier alpha value is -2.80. The SMILES string of the molecule is Cc1nn(Cc2ccc(Cl)c(F)c2)nc1-c1ncnc2[nH]ccc12. The monoisotopic (exact) mass is 342 g/mol. The van der Waals surface area contributed by atoms with Gasteiger partial charge in [-0.25, -0.2) is 14.4 Å². The molecule has 3 heterocycles. The van der Waals surface area contributed by atoms with E-state index < -0.39 is 5.82 Å². The number of benzene rings is 1. The van der Waals surface area contributed by atoms with Gasteiger partial charge in [-0.05, 0) is 30.7 Å². The van der Waals surface area contributed by atoms with Crippen LogP contribution < -0.4 is 0 Å². The van der Waals surface area contributed by atoms with Gasteiger partial charge in [-0.15, -0.1) is 0 Å². The summed E-state index contributed by atoms with van der Waals surface area (Å²) in [5.41, 5.74) is 3.61. The first kappa shape index (κ1) is 14.8. The van der Waals surface area contributed by atoms with E-state index in [1.807, 2.05) is 13.0 Å². The summed E-state index contributed by atoms with van der Waals surface area (Å²) in [6, 6.07) is 6.56. The molecule has 1 N–H and O–H groups in total. The minimum Gasteiger partial charge on any atom is -0.346 e. The number of rotatable bonds is 3. The highest BCUT2D eigenvalue weighted by Crippen LogP contribution is 2.25. The summed E-state index contributed by atoms with van der Waals surface area (Å²) in [5, 5.41) is 9.89. The van der Waals surface area contributed by atoms with Crippen LogP contribution in [0.2, 0.25) is 5.02 Å². The van der Waals surface area contributed by atoms with Crippen molar-refractivity contribution < 1.29 is 4.39 Å². The first-order chi connectivity index (χ1) is 11.6. The van der Waals surface area contributed by atoms with E-state index in [-0.39, 0.29) is 5.02 Å². The maximum absolute atomic E-state index is 13.6. The summed E-state index contributed by atoms with van der Waals surface area (Å²) < 4.78 is 13.6. The molecule has 0 saturated carbocycles. The zero-order valence-electron chi connectivity index (χ0n) is 12.7. The Kier molecular flexibility index (Phi) is 3.50. The second kappa shape index (κ2) is 5.68. The molecule has 0 aliphatic carbocycles. The molecule has 4 rings (SSSR count). The third kappa shape index (κ3) is 2.52. The number of H-pyrrole nitrogens is 1. The highest BCUT2D eigenvalue weighted by molar-refractivity contribution is 6.30. The Morgan fingerprint density at radius 3 is 2.88 bits per heavy atom. The zero-order valence-corrected chi connectivity index (χ0v) is 13.4. The van der Waals surface area contributed by atoms with Crippen molar-refractivity contribution in [3.8, 4) is 11.4 Å². The van der Waals surface area contributed by atoms with Crippen molar-refractivity contribution in [2.45, 2.75) is 13.5 Å². The van der Waals surface area contributed by atoms with Crippen molar-refractivity contribution in [1.82, 2.24) is 29.9 Å². The van der Waals surface area contributed by atoms with Gasteiger partial charge in [0.1, 0.15) is 29.2 Å². The van der Waals surface area contributed by atoms with Gasteiger partial charge in [0.15, 0.2) is 0 Å². The van der Waals surface area contributed by atoms with E-state index >= 15 is 0 Å². The summed E-state index contributed by atoms with van der Waals surface area (Å²) in [4.78, 5) is 13.1. The van der Waals surface area contributed by atoms with E-state index in [9.17, 15) is 4.39 Å². The van der Waals surface area contributed by atoms with Crippen LogP contribution in [0.25, 0.3) is 22.4 Å². The predicted octanol–water partition coefficient (Wildman–Crippen LogP) is 3.37. The molecule has 0 spiro atoms. The molecule has 3 aromatic heterocycles. The van der Waals surface area contributed by atoms with E-state index in [1.165, 1.54) is 23.3 Å². The van der Waals surface area contributed by atoms with Gasteiger partial charge in [0.2, 0.25) is 0 Å². The summed E-state index contributed by atoms with van der Waals surface area (Å²) in [6.07, 6.45) is 3.29. The molecule has 0 aliphatic rings. The molecule has 0 saturated heterocycles. The largest absolute Gasteiger partial charge is 0.346 e. The molecule has 0 amide bonds. The maximum Gasteiger partial charge on any atom is 0.142 e. The van der Waals surface area contributed by atoms with Crippen molar-refractivity contribution >= 4 is 22.6 Å². The first-order valence-corrected chi connectivity index (χ1v) is 7.64. The number of aromatic nitrogens is 6. The third-order valence-electron chi connectivity index (χ3n) is 3.71. The van der Waals surface area contributed by atoms with Crippen LogP contribution in [-0.2, 0) is 6.54 Å². The number of fused-ring (bicyclic) bond motifs is 1. The van der Waals surface area contributed by atoms with Crippen LogP contribution in [0.3, 0.4) is 0 Å². The van der Waals surface area contributed by atoms with Crippen molar-refractivity contribution in [1.29, 1.82) is 0 Å². The lowest BCUT2D eigenvalue weighted by atomic mass is 10.2. The van der Waals surface area contributed by atoms with E-state index in [0.717, 1.165) is 22.3 Å². The zero-order chi connectivity index (χ0) is 16.7. The smallest absolute Gasteiger partial charge is 0.142 e. The Labute approximate surface area is 141 Å². The fourth-order valence-corrected chi connectivity index (χ4v) is 2.70. The number of nitrogens with one attached hydrogen (secondary N) is 1. The van der Waals surface area contributed by atoms with Gasteiger partial charge in [-0.1, -0.05) is 17.7 Å². The molecule has 1 aromatic carbocycles. The first-order valence-electron chi connectivity index (χ1n) is 7.26. The van der Waals surface area contributed by atoms with E-state index in [0.29, 0.717) is 17.9 Å². The second-order valence-electron chi connectivity index (χ2n) is 5.38. The van der Waals surface area contributed by atoms with Gasteiger partial charge in [0.05, 0.1) is 17.3 Å².